The Bertz CT molecular complexity index is 1010. The van der Waals surface area contributed by atoms with Gasteiger partial charge in [-0.1, -0.05) is 30.3 Å². The van der Waals surface area contributed by atoms with E-state index in [9.17, 15) is 9.59 Å². The van der Waals surface area contributed by atoms with Gasteiger partial charge in [-0.15, -0.1) is 0 Å². The van der Waals surface area contributed by atoms with Gasteiger partial charge in [-0.2, -0.15) is 0 Å². The van der Waals surface area contributed by atoms with Gasteiger partial charge in [0.15, 0.2) is 0 Å². The molecule has 3 rings (SSSR count). The maximum atomic E-state index is 12.6. The van der Waals surface area contributed by atoms with E-state index in [1.807, 2.05) is 58.0 Å². The summed E-state index contributed by atoms with van der Waals surface area (Å²) >= 11 is 0. The average Bonchev–Trinajstić information content (AvgIpc) is 2.58. The van der Waals surface area contributed by atoms with E-state index in [0.29, 0.717) is 12.1 Å². The quantitative estimate of drug-likeness (QED) is 0.662. The van der Waals surface area contributed by atoms with Crippen molar-refractivity contribution in [1.29, 1.82) is 0 Å². The lowest BCUT2D eigenvalue weighted by atomic mass is 10.1. The van der Waals surface area contributed by atoms with Crippen molar-refractivity contribution in [3.05, 3.63) is 81.1 Å². The molecule has 2 aromatic carbocycles. The number of carbonyl (C=O) groups excluding carboxylic acids is 1. The fourth-order valence-corrected chi connectivity index (χ4v) is 3.15. The predicted octanol–water partition coefficient (Wildman–Crippen LogP) is 4.23. The summed E-state index contributed by atoms with van der Waals surface area (Å²) in [5.74, 6) is -0.333. The summed E-state index contributed by atoms with van der Waals surface area (Å²) in [6.07, 6.45) is -0.150. The zero-order chi connectivity index (χ0) is 18.8. The van der Waals surface area contributed by atoms with E-state index >= 15 is 0 Å². The van der Waals surface area contributed by atoms with Crippen LogP contribution in [0.2, 0.25) is 0 Å². The highest BCUT2D eigenvalue weighted by Gasteiger charge is 2.11. The molecule has 0 aliphatic carbocycles. The molecule has 0 saturated heterocycles. The molecule has 0 aliphatic rings. The maximum absolute atomic E-state index is 12.6. The summed E-state index contributed by atoms with van der Waals surface area (Å²) in [7, 11) is 0. The van der Waals surface area contributed by atoms with Crippen LogP contribution in [0.25, 0.3) is 10.9 Å². The molecule has 0 atom stereocenters. The van der Waals surface area contributed by atoms with E-state index < -0.39 is 0 Å². The Balaban J connectivity index is 1.97. The molecular weight excluding hydrogens is 326 g/mol. The number of fused-ring (bicyclic) bond motifs is 1. The van der Waals surface area contributed by atoms with Crippen LogP contribution in [0.15, 0.2) is 53.3 Å². The van der Waals surface area contributed by atoms with Crippen molar-refractivity contribution in [3.8, 4) is 0 Å². The first-order chi connectivity index (χ1) is 12.4. The van der Waals surface area contributed by atoms with E-state index in [1.165, 1.54) is 0 Å². The van der Waals surface area contributed by atoms with Crippen LogP contribution in [-0.4, -0.2) is 16.6 Å². The zero-order valence-corrected chi connectivity index (χ0v) is 15.6. The second-order valence-electron chi connectivity index (χ2n) is 6.87. The Morgan fingerprint density at radius 2 is 1.73 bits per heavy atom. The van der Waals surface area contributed by atoms with Crippen LogP contribution in [-0.2, 0) is 11.3 Å². The third kappa shape index (κ3) is 3.54. The highest BCUT2D eigenvalue weighted by atomic mass is 16.5. The number of hydrogen-bond donors (Lipinski definition) is 0. The van der Waals surface area contributed by atoms with Crippen LogP contribution >= 0.6 is 0 Å². The predicted molar refractivity (Wildman–Crippen MR) is 104 cm³/mol. The topological polar surface area (TPSA) is 48.3 Å². The Hall–Kier alpha value is -2.88. The van der Waals surface area contributed by atoms with Crippen LogP contribution in [0.1, 0.15) is 40.9 Å². The van der Waals surface area contributed by atoms with E-state index in [0.717, 1.165) is 27.6 Å². The van der Waals surface area contributed by atoms with Gasteiger partial charge in [0, 0.05) is 11.5 Å². The Labute approximate surface area is 153 Å². The largest absolute Gasteiger partial charge is 0.459 e. The van der Waals surface area contributed by atoms with Crippen molar-refractivity contribution in [2.24, 2.45) is 0 Å². The summed E-state index contributed by atoms with van der Waals surface area (Å²) in [5.41, 5.74) is 4.46. The van der Waals surface area contributed by atoms with Gasteiger partial charge in [-0.25, -0.2) is 4.79 Å². The maximum Gasteiger partial charge on any atom is 0.338 e. The third-order valence-electron chi connectivity index (χ3n) is 4.41. The van der Waals surface area contributed by atoms with Gasteiger partial charge < -0.3 is 9.30 Å². The molecule has 4 nitrogen and oxygen atoms in total. The summed E-state index contributed by atoms with van der Waals surface area (Å²) in [6, 6.07) is 15.0. The lowest BCUT2D eigenvalue weighted by molar-refractivity contribution is 0.0378. The number of nitrogens with zero attached hydrogens (tertiary/aromatic N) is 1. The standard InChI is InChI=1S/C22H23NO3/c1-14(2)26-22(25)18-10-8-17(9-11-18)13-23-20(24)12-16(4)19-7-5-6-15(3)21(19)23/h5-12,14H,13H2,1-4H3. The van der Waals surface area contributed by atoms with Crippen LogP contribution in [0.3, 0.4) is 0 Å². The molecular formula is C22H23NO3. The molecule has 134 valence electrons. The molecule has 1 aromatic heterocycles. The minimum absolute atomic E-state index is 0.0207. The van der Waals surface area contributed by atoms with Crippen LogP contribution < -0.4 is 5.56 Å². The second-order valence-corrected chi connectivity index (χ2v) is 6.87. The van der Waals surface area contributed by atoms with Gasteiger partial charge >= 0.3 is 5.97 Å². The minimum Gasteiger partial charge on any atom is -0.459 e. The molecule has 0 amide bonds. The zero-order valence-electron chi connectivity index (χ0n) is 15.6. The highest BCUT2D eigenvalue weighted by molar-refractivity contribution is 5.89. The molecule has 0 saturated carbocycles. The average molecular weight is 349 g/mol. The highest BCUT2D eigenvalue weighted by Crippen LogP contribution is 2.21. The number of para-hydroxylation sites is 1. The molecule has 0 radical (unpaired) electrons. The fraction of sp³-hybridized carbons (Fsp3) is 0.273. The number of rotatable bonds is 4. The van der Waals surface area contributed by atoms with E-state index in [2.05, 4.69) is 0 Å². The van der Waals surface area contributed by atoms with Gasteiger partial charge in [0.05, 0.1) is 23.7 Å². The van der Waals surface area contributed by atoms with Gasteiger partial charge in [-0.05, 0) is 56.5 Å². The number of aryl methyl sites for hydroxylation is 2. The number of carbonyl (C=O) groups is 1. The second kappa shape index (κ2) is 7.16. The molecule has 26 heavy (non-hydrogen) atoms. The fourth-order valence-electron chi connectivity index (χ4n) is 3.15. The molecule has 0 fully saturated rings. The smallest absolute Gasteiger partial charge is 0.338 e. The van der Waals surface area contributed by atoms with Gasteiger partial charge in [0.1, 0.15) is 0 Å². The van der Waals surface area contributed by atoms with E-state index in [4.69, 9.17) is 4.74 Å². The van der Waals surface area contributed by atoms with Crippen molar-refractivity contribution in [3.63, 3.8) is 0 Å². The third-order valence-corrected chi connectivity index (χ3v) is 4.41. The molecule has 0 aliphatic heterocycles. The Kier molecular flexibility index (Phi) is 4.94. The van der Waals surface area contributed by atoms with Crippen molar-refractivity contribution in [2.75, 3.05) is 0 Å². The SMILES string of the molecule is Cc1cc(=O)n(Cc2ccc(C(=O)OC(C)C)cc2)c2c(C)cccc12. The van der Waals surface area contributed by atoms with Crippen molar-refractivity contribution in [1.82, 2.24) is 4.57 Å². The number of hydrogen-bond acceptors (Lipinski definition) is 3. The van der Waals surface area contributed by atoms with Gasteiger partial charge in [-0.3, -0.25) is 4.79 Å². The first-order valence-corrected chi connectivity index (χ1v) is 8.76. The number of ether oxygens (including phenoxy) is 1. The number of esters is 1. The Morgan fingerprint density at radius 1 is 1.04 bits per heavy atom. The van der Waals surface area contributed by atoms with Crippen LogP contribution in [0, 0.1) is 13.8 Å². The lowest BCUT2D eigenvalue weighted by Crippen LogP contribution is -2.21. The summed E-state index contributed by atoms with van der Waals surface area (Å²) < 4.78 is 7.00. The Morgan fingerprint density at radius 3 is 2.38 bits per heavy atom. The molecule has 0 bridgehead atoms. The van der Waals surface area contributed by atoms with Crippen LogP contribution in [0.4, 0.5) is 0 Å². The molecule has 3 aromatic rings. The molecule has 1 heterocycles. The van der Waals surface area contributed by atoms with E-state index in [1.54, 1.807) is 22.8 Å². The van der Waals surface area contributed by atoms with Gasteiger partial charge in [0.25, 0.3) is 5.56 Å². The lowest BCUT2D eigenvalue weighted by Gasteiger charge is -2.14. The minimum atomic E-state index is -0.333. The molecule has 4 heteroatoms. The number of benzene rings is 2. The van der Waals surface area contributed by atoms with Gasteiger partial charge in [0.2, 0.25) is 0 Å². The van der Waals surface area contributed by atoms with Crippen molar-refractivity contribution < 1.29 is 9.53 Å². The first kappa shape index (κ1) is 17.9. The monoisotopic (exact) mass is 349 g/mol. The van der Waals surface area contributed by atoms with E-state index in [-0.39, 0.29) is 17.6 Å². The van der Waals surface area contributed by atoms with Crippen molar-refractivity contribution >= 4 is 16.9 Å². The summed E-state index contributed by atoms with van der Waals surface area (Å²) in [6.45, 7) is 8.08. The molecule has 0 N–H and O–H groups in total. The summed E-state index contributed by atoms with van der Waals surface area (Å²) in [4.78, 5) is 24.6. The summed E-state index contributed by atoms with van der Waals surface area (Å²) in [5, 5.41) is 1.08. The molecule has 0 spiro atoms. The first-order valence-electron chi connectivity index (χ1n) is 8.76. The van der Waals surface area contributed by atoms with Crippen molar-refractivity contribution in [2.45, 2.75) is 40.3 Å². The van der Waals surface area contributed by atoms with Crippen LogP contribution in [0.5, 0.6) is 0 Å². The number of aromatic nitrogens is 1. The molecule has 0 unspecified atom stereocenters. The number of pyridine rings is 1. The normalized spacial score (nSPS) is 11.1.